The maximum atomic E-state index is 6.53. The fraction of sp³-hybridized carbons (Fsp3) is 0.486. The van der Waals surface area contributed by atoms with Crippen molar-refractivity contribution in [2.75, 3.05) is 0 Å². The maximum Gasteiger partial charge on any atom is 0.123 e. The summed E-state index contributed by atoms with van der Waals surface area (Å²) in [6.45, 7) is 4.86. The van der Waals surface area contributed by atoms with Crippen LogP contribution in [0, 0.1) is 11.3 Å². The van der Waals surface area contributed by atoms with Crippen molar-refractivity contribution >= 4 is 11.4 Å². The normalized spacial score (nSPS) is 37.3. The van der Waals surface area contributed by atoms with E-state index in [2.05, 4.69) is 65.9 Å². The van der Waals surface area contributed by atoms with Crippen LogP contribution in [0.4, 0.5) is 0 Å². The van der Waals surface area contributed by atoms with Crippen LogP contribution in [0.1, 0.15) is 89.1 Å². The summed E-state index contributed by atoms with van der Waals surface area (Å²) in [5, 5.41) is 7.82. The number of aliphatic imine (C=N–C) groups is 1. The molecule has 210 valence electrons. The van der Waals surface area contributed by atoms with Gasteiger partial charge in [-0.3, -0.25) is 4.99 Å². The van der Waals surface area contributed by atoms with Gasteiger partial charge in [-0.2, -0.15) is 0 Å². The van der Waals surface area contributed by atoms with Crippen molar-refractivity contribution in [3.8, 4) is 33.5 Å². The zero-order valence-electron chi connectivity index (χ0n) is 24.2. The number of aromatic nitrogens is 2. The summed E-state index contributed by atoms with van der Waals surface area (Å²) >= 11 is 0. The highest BCUT2D eigenvalue weighted by atomic mass is 15.1. The van der Waals surface area contributed by atoms with E-state index in [-0.39, 0.29) is 11.1 Å². The molecule has 0 bridgehead atoms. The molecule has 3 aromatic rings. The lowest BCUT2D eigenvalue weighted by molar-refractivity contribution is 0.224. The van der Waals surface area contributed by atoms with E-state index in [0.717, 1.165) is 41.5 Å². The average molecular weight is 545 g/mol. The third kappa shape index (κ3) is 3.50. The number of nitrogens with zero attached hydrogens (tertiary/aromatic N) is 2. The van der Waals surface area contributed by atoms with Gasteiger partial charge in [-0.25, -0.2) is 4.98 Å². The molecular weight excluding hydrogens is 504 g/mol. The SMILES string of the molecule is CC12CCCC1(C)N[C@H](c1ncc(-c3ccc4c(c3)-c3ccc(/C(N)=C/N=C5CC56C[C@@H]5CCC[C@@H]5N6)cc3-4)[nH]1)C2. The van der Waals surface area contributed by atoms with Gasteiger partial charge in [-0.15, -0.1) is 0 Å². The van der Waals surface area contributed by atoms with E-state index in [0.29, 0.717) is 17.5 Å². The first-order valence-corrected chi connectivity index (χ1v) is 15.8. The largest absolute Gasteiger partial charge is 0.397 e. The lowest BCUT2D eigenvalue weighted by atomic mass is 9.75. The Morgan fingerprint density at radius 2 is 1.83 bits per heavy atom. The van der Waals surface area contributed by atoms with Crippen LogP contribution in [0.5, 0.6) is 0 Å². The lowest BCUT2D eigenvalue weighted by Gasteiger charge is -2.33. The maximum absolute atomic E-state index is 6.53. The van der Waals surface area contributed by atoms with E-state index in [1.54, 1.807) is 0 Å². The number of H-pyrrole nitrogens is 1. The molecule has 4 aliphatic carbocycles. The topological polar surface area (TPSA) is 91.1 Å². The molecule has 3 saturated carbocycles. The quantitative estimate of drug-likeness (QED) is 0.230. The Bertz CT molecular complexity index is 1630. The van der Waals surface area contributed by atoms with Gasteiger partial charge in [0.1, 0.15) is 5.82 Å². The number of hydrogen-bond acceptors (Lipinski definition) is 5. The molecule has 2 aliphatic heterocycles. The lowest BCUT2D eigenvalue weighted by Crippen LogP contribution is -2.43. The Labute approximate surface area is 242 Å². The van der Waals surface area contributed by atoms with Crippen molar-refractivity contribution in [1.82, 2.24) is 20.6 Å². The Balaban J connectivity index is 0.914. The van der Waals surface area contributed by atoms with E-state index in [4.69, 9.17) is 15.7 Å². The van der Waals surface area contributed by atoms with Crippen molar-refractivity contribution in [3.63, 3.8) is 0 Å². The Morgan fingerprint density at radius 3 is 2.68 bits per heavy atom. The van der Waals surface area contributed by atoms with Gasteiger partial charge in [0, 0.05) is 29.3 Å². The fourth-order valence-corrected chi connectivity index (χ4v) is 9.27. The van der Waals surface area contributed by atoms with Gasteiger partial charge < -0.3 is 21.4 Å². The summed E-state index contributed by atoms with van der Waals surface area (Å²) in [7, 11) is 0. The van der Waals surface area contributed by atoms with Crippen molar-refractivity contribution in [2.24, 2.45) is 22.1 Å². The molecule has 0 radical (unpaired) electrons. The van der Waals surface area contributed by atoms with Gasteiger partial charge in [0.15, 0.2) is 0 Å². The minimum atomic E-state index is 0.183. The van der Waals surface area contributed by atoms with E-state index in [1.165, 1.54) is 78.5 Å². The first-order valence-electron chi connectivity index (χ1n) is 15.8. The van der Waals surface area contributed by atoms with Crippen LogP contribution in [-0.4, -0.2) is 32.8 Å². The highest BCUT2D eigenvalue weighted by molar-refractivity contribution is 6.10. The van der Waals surface area contributed by atoms with E-state index >= 15 is 0 Å². The number of imidazole rings is 1. The van der Waals surface area contributed by atoms with Gasteiger partial charge in [0.2, 0.25) is 0 Å². The molecule has 1 aromatic heterocycles. The second-order valence-electron chi connectivity index (χ2n) is 14.4. The summed E-state index contributed by atoms with van der Waals surface area (Å²) in [4.78, 5) is 13.3. The van der Waals surface area contributed by atoms with Gasteiger partial charge in [0.05, 0.1) is 35.4 Å². The molecular formula is C35H40N6. The Morgan fingerprint density at radius 1 is 0.976 bits per heavy atom. The first-order chi connectivity index (χ1) is 19.8. The summed E-state index contributed by atoms with van der Waals surface area (Å²) in [6, 6.07) is 14.3. The van der Waals surface area contributed by atoms with E-state index in [1.807, 2.05) is 12.4 Å². The molecule has 6 nitrogen and oxygen atoms in total. The highest BCUT2D eigenvalue weighted by Crippen LogP contribution is 2.56. The molecule has 2 aromatic carbocycles. The molecule has 6 atom stereocenters. The molecule has 2 saturated heterocycles. The van der Waals surface area contributed by atoms with Crippen LogP contribution in [0.2, 0.25) is 0 Å². The molecule has 5 fully saturated rings. The number of rotatable bonds is 4. The van der Waals surface area contributed by atoms with Crippen molar-refractivity contribution in [1.29, 1.82) is 0 Å². The van der Waals surface area contributed by atoms with Gasteiger partial charge in [-0.05, 0) is 96.7 Å². The second kappa shape index (κ2) is 8.20. The Kier molecular flexibility index (Phi) is 4.88. The molecule has 0 amide bonds. The third-order valence-electron chi connectivity index (χ3n) is 12.1. The number of hydrogen-bond donors (Lipinski definition) is 4. The summed E-state index contributed by atoms with van der Waals surface area (Å²) < 4.78 is 0. The molecule has 3 heterocycles. The smallest absolute Gasteiger partial charge is 0.123 e. The number of fused-ring (bicyclic) bond motifs is 6. The fourth-order valence-electron chi connectivity index (χ4n) is 9.27. The molecule has 5 N–H and O–H groups in total. The van der Waals surface area contributed by atoms with Crippen LogP contribution in [0.3, 0.4) is 0 Å². The zero-order chi connectivity index (χ0) is 27.6. The molecule has 1 spiro atoms. The minimum Gasteiger partial charge on any atom is -0.397 e. The summed E-state index contributed by atoms with van der Waals surface area (Å²) in [6.07, 6.45) is 15.4. The van der Waals surface area contributed by atoms with Crippen molar-refractivity contribution in [3.05, 3.63) is 60.2 Å². The standard InChI is InChI=1S/C35H40N6/c1-33-11-4-12-34(33,2)40-29(16-33)32-38-19-30(39-32)21-8-10-24-25-13-20(7-9-23(25)26(24)14-21)27(36)18-37-31-17-35(31)15-22-5-3-6-28(22)41-35/h7-10,13-14,18-19,22,28-29,40-41H,3-6,11-12,15-17,36H2,1-2H3,(H,38,39)/b27-18-,37-31?/t22-,28-,29-,33?,34?,35?/m0/s1. The zero-order valence-corrected chi connectivity index (χ0v) is 24.2. The first kappa shape index (κ1) is 24.4. The number of nitrogens with two attached hydrogens (primary N) is 1. The van der Waals surface area contributed by atoms with Crippen LogP contribution in [0.25, 0.3) is 39.2 Å². The monoisotopic (exact) mass is 544 g/mol. The van der Waals surface area contributed by atoms with E-state index in [9.17, 15) is 0 Å². The highest BCUT2D eigenvalue weighted by Gasteiger charge is 2.59. The molecule has 41 heavy (non-hydrogen) atoms. The molecule has 6 aliphatic rings. The number of benzene rings is 2. The predicted molar refractivity (Wildman–Crippen MR) is 165 cm³/mol. The average Bonchev–Trinajstić information content (AvgIpc) is 3.48. The number of nitrogens with one attached hydrogen (secondary N) is 3. The third-order valence-corrected chi connectivity index (χ3v) is 12.1. The van der Waals surface area contributed by atoms with Crippen molar-refractivity contribution in [2.45, 2.75) is 94.8 Å². The van der Waals surface area contributed by atoms with Gasteiger partial charge in [0.25, 0.3) is 0 Å². The number of aromatic amines is 1. The van der Waals surface area contributed by atoms with Crippen LogP contribution < -0.4 is 16.4 Å². The molecule has 9 rings (SSSR count). The Hall–Kier alpha value is -3.22. The molecule has 6 heteroatoms. The molecule has 3 unspecified atom stereocenters. The minimum absolute atomic E-state index is 0.183. The van der Waals surface area contributed by atoms with Gasteiger partial charge in [-0.1, -0.05) is 44.0 Å². The predicted octanol–water partition coefficient (Wildman–Crippen LogP) is 6.71. The van der Waals surface area contributed by atoms with Crippen LogP contribution >= 0.6 is 0 Å². The summed E-state index contributed by atoms with van der Waals surface area (Å²) in [5.74, 6) is 1.92. The van der Waals surface area contributed by atoms with Crippen molar-refractivity contribution < 1.29 is 0 Å². The second-order valence-corrected chi connectivity index (χ2v) is 14.4. The van der Waals surface area contributed by atoms with Gasteiger partial charge >= 0.3 is 0 Å². The summed E-state index contributed by atoms with van der Waals surface area (Å²) in [5.41, 5.74) is 17.8. The van der Waals surface area contributed by atoms with Crippen LogP contribution in [0.15, 0.2) is 53.8 Å². The van der Waals surface area contributed by atoms with Crippen LogP contribution in [-0.2, 0) is 0 Å². The van der Waals surface area contributed by atoms with E-state index < -0.39 is 0 Å².